The Labute approximate surface area is 116 Å². The van der Waals surface area contributed by atoms with Gasteiger partial charge in [0, 0.05) is 23.2 Å². The molecule has 1 aromatic carbocycles. The van der Waals surface area contributed by atoms with Gasteiger partial charge in [0.25, 0.3) is 0 Å². The summed E-state index contributed by atoms with van der Waals surface area (Å²) in [6.07, 6.45) is 0. The Bertz CT molecular complexity index is 548. The van der Waals surface area contributed by atoms with Crippen molar-refractivity contribution in [3.63, 3.8) is 0 Å². The number of thiazole rings is 1. The topological polar surface area (TPSA) is 65.4 Å². The van der Waals surface area contributed by atoms with Crippen LogP contribution in [0, 0.1) is 6.92 Å². The number of phenolic OH excluding ortho intramolecular Hbond substituents is 2. The van der Waals surface area contributed by atoms with Crippen molar-refractivity contribution in [2.24, 2.45) is 0 Å². The van der Waals surface area contributed by atoms with Crippen LogP contribution in [0.4, 0.5) is 0 Å². The fourth-order valence-electron chi connectivity index (χ4n) is 1.98. The van der Waals surface area contributed by atoms with E-state index >= 15 is 0 Å². The molecule has 4 nitrogen and oxygen atoms in total. The summed E-state index contributed by atoms with van der Waals surface area (Å²) in [5, 5.41) is 25.5. The van der Waals surface area contributed by atoms with Gasteiger partial charge in [0.2, 0.25) is 0 Å². The number of aromatic nitrogens is 1. The molecule has 0 aliphatic carbocycles. The highest BCUT2D eigenvalue weighted by Gasteiger charge is 2.14. The van der Waals surface area contributed by atoms with Crippen molar-refractivity contribution in [3.8, 4) is 11.5 Å². The van der Waals surface area contributed by atoms with Gasteiger partial charge in [0.05, 0.1) is 6.04 Å². The highest BCUT2D eigenvalue weighted by Crippen LogP contribution is 2.27. The fraction of sp³-hybridized carbons (Fsp3) is 0.357. The minimum absolute atomic E-state index is 0.0113. The molecule has 2 atom stereocenters. The van der Waals surface area contributed by atoms with Crippen molar-refractivity contribution in [1.29, 1.82) is 0 Å². The van der Waals surface area contributed by atoms with E-state index in [1.165, 1.54) is 6.07 Å². The number of nitrogens with zero attached hydrogens (tertiary/aromatic N) is 1. The van der Waals surface area contributed by atoms with Gasteiger partial charge in [0.15, 0.2) is 0 Å². The van der Waals surface area contributed by atoms with E-state index in [4.69, 9.17) is 0 Å². The Morgan fingerprint density at radius 2 is 1.74 bits per heavy atom. The van der Waals surface area contributed by atoms with E-state index in [0.717, 1.165) is 16.3 Å². The quantitative estimate of drug-likeness (QED) is 0.803. The Hall–Kier alpha value is -1.59. The second-order valence-corrected chi connectivity index (χ2v) is 5.61. The second kappa shape index (κ2) is 5.59. The molecule has 19 heavy (non-hydrogen) atoms. The van der Waals surface area contributed by atoms with Crippen LogP contribution in [0.3, 0.4) is 0 Å². The van der Waals surface area contributed by atoms with Gasteiger partial charge in [-0.05, 0) is 38.5 Å². The van der Waals surface area contributed by atoms with Gasteiger partial charge in [-0.1, -0.05) is 0 Å². The Morgan fingerprint density at radius 1 is 1.11 bits per heavy atom. The van der Waals surface area contributed by atoms with E-state index in [2.05, 4.69) is 17.2 Å². The highest BCUT2D eigenvalue weighted by molar-refractivity contribution is 7.09. The van der Waals surface area contributed by atoms with Gasteiger partial charge in [0.1, 0.15) is 16.5 Å². The van der Waals surface area contributed by atoms with Crippen LogP contribution in [0.2, 0.25) is 0 Å². The molecule has 0 amide bonds. The molecule has 1 heterocycles. The van der Waals surface area contributed by atoms with Crippen LogP contribution in [-0.4, -0.2) is 15.2 Å². The predicted molar refractivity (Wildman–Crippen MR) is 76.6 cm³/mol. The molecule has 1 aromatic heterocycles. The Morgan fingerprint density at radius 3 is 2.26 bits per heavy atom. The van der Waals surface area contributed by atoms with Crippen LogP contribution in [0.5, 0.6) is 11.5 Å². The third-order valence-corrected chi connectivity index (χ3v) is 4.08. The Kier molecular flexibility index (Phi) is 4.07. The van der Waals surface area contributed by atoms with Crippen molar-refractivity contribution in [2.75, 3.05) is 0 Å². The van der Waals surface area contributed by atoms with E-state index in [1.54, 1.807) is 23.5 Å². The van der Waals surface area contributed by atoms with E-state index in [0.29, 0.717) is 0 Å². The number of nitrogens with one attached hydrogen (secondary N) is 1. The van der Waals surface area contributed by atoms with Crippen LogP contribution in [0.25, 0.3) is 0 Å². The molecule has 0 spiro atoms. The minimum atomic E-state index is 0.0113. The monoisotopic (exact) mass is 278 g/mol. The SMILES string of the molecule is Cc1csc(C(C)NC(C)c2cc(O)cc(O)c2)n1. The summed E-state index contributed by atoms with van der Waals surface area (Å²) in [4.78, 5) is 4.45. The molecular formula is C14H18N2O2S. The van der Waals surface area contributed by atoms with Gasteiger partial charge < -0.3 is 15.5 Å². The molecule has 0 fully saturated rings. The van der Waals surface area contributed by atoms with Crippen LogP contribution in [0.1, 0.15) is 42.2 Å². The number of aryl methyl sites for hydroxylation is 1. The van der Waals surface area contributed by atoms with Crippen molar-refractivity contribution in [3.05, 3.63) is 39.8 Å². The third kappa shape index (κ3) is 3.45. The van der Waals surface area contributed by atoms with E-state index < -0.39 is 0 Å². The zero-order chi connectivity index (χ0) is 14.0. The lowest BCUT2D eigenvalue weighted by Gasteiger charge is -2.19. The zero-order valence-electron chi connectivity index (χ0n) is 11.2. The molecule has 2 aromatic rings. The van der Waals surface area contributed by atoms with Gasteiger partial charge in [-0.2, -0.15) is 0 Å². The number of phenols is 2. The van der Waals surface area contributed by atoms with Crippen molar-refractivity contribution in [1.82, 2.24) is 10.3 Å². The largest absolute Gasteiger partial charge is 0.508 e. The molecule has 0 bridgehead atoms. The summed E-state index contributed by atoms with van der Waals surface area (Å²) < 4.78 is 0. The first-order valence-electron chi connectivity index (χ1n) is 6.16. The van der Waals surface area contributed by atoms with Gasteiger partial charge in [-0.3, -0.25) is 0 Å². The molecule has 5 heteroatoms. The number of rotatable bonds is 4. The van der Waals surface area contributed by atoms with E-state index in [-0.39, 0.29) is 23.6 Å². The Balaban J connectivity index is 2.10. The smallest absolute Gasteiger partial charge is 0.119 e. The summed E-state index contributed by atoms with van der Waals surface area (Å²) in [5.41, 5.74) is 1.87. The fourth-order valence-corrected chi connectivity index (χ4v) is 2.79. The molecule has 0 aliphatic heterocycles. The minimum Gasteiger partial charge on any atom is -0.508 e. The summed E-state index contributed by atoms with van der Waals surface area (Å²) in [5.74, 6) is 0.141. The maximum atomic E-state index is 9.50. The molecule has 0 saturated heterocycles. The van der Waals surface area contributed by atoms with E-state index in [9.17, 15) is 10.2 Å². The summed E-state index contributed by atoms with van der Waals surface area (Å²) in [7, 11) is 0. The zero-order valence-corrected chi connectivity index (χ0v) is 12.0. The average Bonchev–Trinajstić information content (AvgIpc) is 2.74. The van der Waals surface area contributed by atoms with E-state index in [1.807, 2.05) is 19.2 Å². The van der Waals surface area contributed by atoms with Crippen molar-refractivity contribution < 1.29 is 10.2 Å². The van der Waals surface area contributed by atoms with Crippen LogP contribution < -0.4 is 5.32 Å². The molecular weight excluding hydrogens is 260 g/mol. The molecule has 2 unspecified atom stereocenters. The summed E-state index contributed by atoms with van der Waals surface area (Å²) in [6.45, 7) is 6.02. The third-order valence-electron chi connectivity index (χ3n) is 2.93. The average molecular weight is 278 g/mol. The second-order valence-electron chi connectivity index (χ2n) is 4.72. The number of aromatic hydroxyl groups is 2. The molecule has 102 valence electrons. The number of hydrogen-bond acceptors (Lipinski definition) is 5. The lowest BCUT2D eigenvalue weighted by molar-refractivity contribution is 0.442. The molecule has 0 radical (unpaired) electrons. The van der Waals surface area contributed by atoms with Crippen LogP contribution in [-0.2, 0) is 0 Å². The highest BCUT2D eigenvalue weighted by atomic mass is 32.1. The normalized spacial score (nSPS) is 14.3. The number of benzene rings is 1. The summed E-state index contributed by atoms with van der Waals surface area (Å²) in [6, 6.07) is 4.76. The molecule has 3 N–H and O–H groups in total. The van der Waals surface area contributed by atoms with Gasteiger partial charge >= 0.3 is 0 Å². The molecule has 0 saturated carbocycles. The lowest BCUT2D eigenvalue weighted by Crippen LogP contribution is -2.22. The van der Waals surface area contributed by atoms with Crippen molar-refractivity contribution >= 4 is 11.3 Å². The maximum Gasteiger partial charge on any atom is 0.119 e. The first kappa shape index (κ1) is 13.8. The standard InChI is InChI=1S/C14H18N2O2S/c1-8-7-19-14(15-8)10(3)16-9(2)11-4-12(17)6-13(18)5-11/h4-7,9-10,16-18H,1-3H3. The first-order chi connectivity index (χ1) is 8.95. The maximum absolute atomic E-state index is 9.50. The molecule has 2 rings (SSSR count). The van der Waals surface area contributed by atoms with Crippen LogP contribution in [0.15, 0.2) is 23.6 Å². The first-order valence-corrected chi connectivity index (χ1v) is 7.04. The predicted octanol–water partition coefficient (Wildman–Crippen LogP) is 3.27. The number of hydrogen-bond donors (Lipinski definition) is 3. The lowest BCUT2D eigenvalue weighted by atomic mass is 10.1. The van der Waals surface area contributed by atoms with Crippen LogP contribution >= 0.6 is 11.3 Å². The van der Waals surface area contributed by atoms with Gasteiger partial charge in [-0.25, -0.2) is 4.98 Å². The van der Waals surface area contributed by atoms with Gasteiger partial charge in [-0.15, -0.1) is 11.3 Å². The molecule has 0 aliphatic rings. The summed E-state index contributed by atoms with van der Waals surface area (Å²) >= 11 is 1.63. The van der Waals surface area contributed by atoms with Crippen molar-refractivity contribution in [2.45, 2.75) is 32.9 Å².